The monoisotopic (exact) mass is 363 g/mol. The first-order valence-electron chi connectivity index (χ1n) is 6.61. The van der Waals surface area contributed by atoms with E-state index in [1.165, 1.54) is 5.56 Å². The molecule has 0 bridgehead atoms. The predicted octanol–water partition coefficient (Wildman–Crippen LogP) is 4.19. The molecule has 1 atom stereocenters. The lowest BCUT2D eigenvalue weighted by atomic mass is 10.1. The molecule has 2 aromatic heterocycles. The Morgan fingerprint density at radius 2 is 2.00 bits per heavy atom. The van der Waals surface area contributed by atoms with Crippen LogP contribution >= 0.6 is 27.3 Å². The number of aromatic nitrogens is 2. The van der Waals surface area contributed by atoms with Crippen LogP contribution in [-0.4, -0.2) is 10.1 Å². The lowest BCUT2D eigenvalue weighted by Gasteiger charge is -2.06. The third-order valence-corrected chi connectivity index (χ3v) is 4.76. The molecule has 4 nitrogen and oxygen atoms in total. The van der Waals surface area contributed by atoms with Gasteiger partial charge in [-0.1, -0.05) is 35.5 Å². The van der Waals surface area contributed by atoms with E-state index in [2.05, 4.69) is 38.2 Å². The highest BCUT2D eigenvalue weighted by atomic mass is 79.9. The van der Waals surface area contributed by atoms with Gasteiger partial charge in [0.1, 0.15) is 0 Å². The third-order valence-electron chi connectivity index (χ3n) is 3.14. The minimum absolute atomic E-state index is 0.241. The van der Waals surface area contributed by atoms with Gasteiger partial charge < -0.3 is 10.3 Å². The van der Waals surface area contributed by atoms with Crippen molar-refractivity contribution in [2.24, 2.45) is 5.73 Å². The molecule has 0 spiro atoms. The molecule has 108 valence electrons. The van der Waals surface area contributed by atoms with Crippen LogP contribution < -0.4 is 5.73 Å². The second kappa shape index (κ2) is 6.51. The summed E-state index contributed by atoms with van der Waals surface area (Å²) in [5.74, 6) is 1.08. The molecule has 3 aromatic rings. The molecular weight excluding hydrogens is 350 g/mol. The zero-order chi connectivity index (χ0) is 14.7. The normalized spacial score (nSPS) is 12.5. The van der Waals surface area contributed by atoms with Gasteiger partial charge in [0, 0.05) is 0 Å². The van der Waals surface area contributed by atoms with Crippen LogP contribution in [0.5, 0.6) is 0 Å². The molecule has 0 unspecified atom stereocenters. The lowest BCUT2D eigenvalue weighted by Crippen LogP contribution is -2.11. The molecule has 0 radical (unpaired) electrons. The first-order valence-corrected chi connectivity index (χ1v) is 8.22. The van der Waals surface area contributed by atoms with E-state index >= 15 is 0 Å². The smallest absolute Gasteiger partial charge is 0.243 e. The van der Waals surface area contributed by atoms with E-state index < -0.39 is 0 Å². The summed E-state index contributed by atoms with van der Waals surface area (Å²) in [7, 11) is 0. The van der Waals surface area contributed by atoms with Crippen molar-refractivity contribution in [3.8, 4) is 10.7 Å². The van der Waals surface area contributed by atoms with Crippen LogP contribution in [0.25, 0.3) is 10.7 Å². The van der Waals surface area contributed by atoms with Crippen molar-refractivity contribution < 1.29 is 4.52 Å². The Labute approximate surface area is 135 Å². The highest BCUT2D eigenvalue weighted by Crippen LogP contribution is 2.30. The minimum Gasteiger partial charge on any atom is -0.337 e. The van der Waals surface area contributed by atoms with E-state index in [1.807, 2.05) is 30.3 Å². The first kappa shape index (κ1) is 14.4. The molecule has 0 saturated carbocycles. The molecule has 6 heteroatoms. The first-order chi connectivity index (χ1) is 10.2. The second-order valence-corrected chi connectivity index (χ2v) is 7.15. The largest absolute Gasteiger partial charge is 0.337 e. The Morgan fingerprint density at radius 3 is 2.71 bits per heavy atom. The van der Waals surface area contributed by atoms with E-state index in [0.29, 0.717) is 11.7 Å². The van der Waals surface area contributed by atoms with Crippen LogP contribution in [0.3, 0.4) is 0 Å². The SMILES string of the molecule is N[C@@H](CCc1ccccc1)c1nc(-c2ccc(Br)s2)no1. The number of halogens is 1. The highest BCUT2D eigenvalue weighted by molar-refractivity contribution is 9.11. The average molecular weight is 364 g/mol. The number of aryl methyl sites for hydroxylation is 1. The summed E-state index contributed by atoms with van der Waals surface area (Å²) in [6.45, 7) is 0. The lowest BCUT2D eigenvalue weighted by molar-refractivity contribution is 0.349. The number of benzene rings is 1. The molecular formula is C15H14BrN3OS. The second-order valence-electron chi connectivity index (χ2n) is 4.69. The maximum Gasteiger partial charge on any atom is 0.243 e. The number of hydrogen-bond donors (Lipinski definition) is 1. The molecule has 0 saturated heterocycles. The summed E-state index contributed by atoms with van der Waals surface area (Å²) in [6.07, 6.45) is 1.67. The van der Waals surface area contributed by atoms with Crippen LogP contribution in [0.4, 0.5) is 0 Å². The molecule has 0 aliphatic heterocycles. The van der Waals surface area contributed by atoms with Gasteiger partial charge in [0.25, 0.3) is 0 Å². The fourth-order valence-electron chi connectivity index (χ4n) is 2.01. The quantitative estimate of drug-likeness (QED) is 0.737. The van der Waals surface area contributed by atoms with Crippen LogP contribution in [0.1, 0.15) is 23.9 Å². The zero-order valence-electron chi connectivity index (χ0n) is 11.2. The molecule has 0 aliphatic rings. The van der Waals surface area contributed by atoms with Crippen molar-refractivity contribution in [1.82, 2.24) is 10.1 Å². The molecule has 0 aliphatic carbocycles. The topological polar surface area (TPSA) is 64.9 Å². The molecule has 0 fully saturated rings. The van der Waals surface area contributed by atoms with Crippen molar-refractivity contribution in [2.75, 3.05) is 0 Å². The van der Waals surface area contributed by atoms with Crippen LogP contribution in [0.2, 0.25) is 0 Å². The van der Waals surface area contributed by atoms with Gasteiger partial charge in [-0.3, -0.25) is 0 Å². The molecule has 2 N–H and O–H groups in total. The van der Waals surface area contributed by atoms with Crippen molar-refractivity contribution >= 4 is 27.3 Å². The number of nitrogens with zero attached hydrogens (tertiary/aromatic N) is 2. The van der Waals surface area contributed by atoms with Crippen LogP contribution in [-0.2, 0) is 6.42 Å². The Morgan fingerprint density at radius 1 is 1.19 bits per heavy atom. The molecule has 1 aromatic carbocycles. The molecule has 2 heterocycles. The minimum atomic E-state index is -0.241. The Bertz CT molecular complexity index is 711. The van der Waals surface area contributed by atoms with Gasteiger partial charge in [0.15, 0.2) is 0 Å². The van der Waals surface area contributed by atoms with Gasteiger partial charge >= 0.3 is 0 Å². The standard InChI is InChI=1S/C15H14BrN3OS/c16-13-9-8-12(21-13)14-18-15(20-19-14)11(17)7-6-10-4-2-1-3-5-10/h1-5,8-9,11H,6-7,17H2/t11-/m0/s1. The van der Waals surface area contributed by atoms with Gasteiger partial charge in [0.05, 0.1) is 14.7 Å². The Hall–Kier alpha value is -1.50. The van der Waals surface area contributed by atoms with Crippen molar-refractivity contribution in [3.05, 3.63) is 57.7 Å². The molecule has 21 heavy (non-hydrogen) atoms. The van der Waals surface area contributed by atoms with E-state index in [9.17, 15) is 0 Å². The fraction of sp³-hybridized carbons (Fsp3) is 0.200. The van der Waals surface area contributed by atoms with Crippen molar-refractivity contribution in [2.45, 2.75) is 18.9 Å². The van der Waals surface area contributed by atoms with Crippen molar-refractivity contribution in [1.29, 1.82) is 0 Å². The maximum atomic E-state index is 6.14. The summed E-state index contributed by atoms with van der Waals surface area (Å²) in [5, 5.41) is 4.00. The molecule has 3 rings (SSSR count). The zero-order valence-corrected chi connectivity index (χ0v) is 13.6. The van der Waals surface area contributed by atoms with Gasteiger partial charge in [-0.15, -0.1) is 11.3 Å². The fourth-order valence-corrected chi connectivity index (χ4v) is 3.32. The van der Waals surface area contributed by atoms with Crippen LogP contribution in [0.15, 0.2) is 50.8 Å². The highest BCUT2D eigenvalue weighted by Gasteiger charge is 2.16. The van der Waals surface area contributed by atoms with Gasteiger partial charge in [-0.25, -0.2) is 0 Å². The van der Waals surface area contributed by atoms with E-state index in [1.54, 1.807) is 11.3 Å². The average Bonchev–Trinajstić information content (AvgIpc) is 3.14. The maximum absolute atomic E-state index is 6.14. The number of nitrogens with two attached hydrogens (primary N) is 1. The number of rotatable bonds is 5. The Kier molecular flexibility index (Phi) is 4.48. The predicted molar refractivity (Wildman–Crippen MR) is 87.0 cm³/mol. The summed E-state index contributed by atoms with van der Waals surface area (Å²) in [6, 6.07) is 13.9. The van der Waals surface area contributed by atoms with Gasteiger partial charge in [-0.05, 0) is 46.5 Å². The molecule has 0 amide bonds. The number of hydrogen-bond acceptors (Lipinski definition) is 5. The van der Waals surface area contributed by atoms with E-state index in [0.717, 1.165) is 21.5 Å². The van der Waals surface area contributed by atoms with Crippen molar-refractivity contribution in [3.63, 3.8) is 0 Å². The summed E-state index contributed by atoms with van der Waals surface area (Å²) in [4.78, 5) is 5.36. The van der Waals surface area contributed by atoms with Gasteiger partial charge in [0.2, 0.25) is 11.7 Å². The van der Waals surface area contributed by atoms with E-state index in [-0.39, 0.29) is 6.04 Å². The Balaban J connectivity index is 1.65. The summed E-state index contributed by atoms with van der Waals surface area (Å²) < 4.78 is 6.32. The number of thiophene rings is 1. The van der Waals surface area contributed by atoms with E-state index in [4.69, 9.17) is 10.3 Å². The third kappa shape index (κ3) is 3.58. The van der Waals surface area contributed by atoms with Gasteiger partial charge in [-0.2, -0.15) is 4.98 Å². The summed E-state index contributed by atoms with van der Waals surface area (Å²) >= 11 is 4.99. The summed E-state index contributed by atoms with van der Waals surface area (Å²) in [5.41, 5.74) is 7.40. The van der Waals surface area contributed by atoms with Crippen LogP contribution in [0, 0.1) is 0 Å².